The Morgan fingerprint density at radius 1 is 1.24 bits per heavy atom. The molecule has 88 valence electrons. The molecule has 0 spiro atoms. The summed E-state index contributed by atoms with van der Waals surface area (Å²) in [6.45, 7) is -1.45. The van der Waals surface area contributed by atoms with E-state index in [2.05, 4.69) is 4.98 Å². The number of aromatic nitrogens is 1. The molecule has 0 N–H and O–H groups in total. The van der Waals surface area contributed by atoms with Crippen LogP contribution in [0.2, 0.25) is 0 Å². The van der Waals surface area contributed by atoms with Crippen LogP contribution >= 0.6 is 0 Å². The van der Waals surface area contributed by atoms with E-state index in [-0.39, 0.29) is 0 Å². The molecule has 0 saturated heterocycles. The average Bonchev–Trinajstić information content (AvgIpc) is 2.26. The van der Waals surface area contributed by atoms with E-state index in [4.69, 9.17) is 0 Å². The highest BCUT2D eigenvalue weighted by Gasteiger charge is 2.39. The van der Waals surface area contributed by atoms with Crippen molar-refractivity contribution in [2.75, 3.05) is 6.54 Å². The number of halogens is 2. The third-order valence-electron chi connectivity index (χ3n) is 2.30. The summed E-state index contributed by atoms with van der Waals surface area (Å²) in [5.74, 6) is -3.55. The van der Waals surface area contributed by atoms with Gasteiger partial charge in [0.15, 0.2) is 0 Å². The van der Waals surface area contributed by atoms with E-state index in [1.165, 1.54) is 6.07 Å². The van der Waals surface area contributed by atoms with Crippen molar-refractivity contribution in [1.29, 1.82) is 0 Å². The van der Waals surface area contributed by atoms with Crippen molar-refractivity contribution in [3.63, 3.8) is 0 Å². The lowest BCUT2D eigenvalue weighted by Gasteiger charge is -2.11. The highest BCUT2D eigenvalue weighted by Crippen LogP contribution is 2.27. The normalized spacial score (nSPS) is 11.6. The molecule has 0 saturated carbocycles. The van der Waals surface area contributed by atoms with Crippen LogP contribution in [0.4, 0.5) is 8.78 Å². The zero-order valence-electron chi connectivity index (χ0n) is 8.64. The minimum Gasteiger partial charge on any atom is -0.264 e. The third kappa shape index (κ3) is 2.35. The zero-order valence-corrected chi connectivity index (χ0v) is 8.64. The number of nitro groups is 1. The van der Waals surface area contributed by atoms with Gasteiger partial charge in [0, 0.05) is 10.3 Å². The fourth-order valence-electron chi connectivity index (χ4n) is 1.51. The maximum atomic E-state index is 13.4. The number of para-hydroxylation sites is 1. The third-order valence-corrected chi connectivity index (χ3v) is 2.30. The van der Waals surface area contributed by atoms with E-state index in [0.29, 0.717) is 10.9 Å². The fraction of sp³-hybridized carbons (Fsp3) is 0.182. The number of rotatable bonds is 3. The molecule has 1 heterocycles. The minimum absolute atomic E-state index is 0.396. The van der Waals surface area contributed by atoms with Crippen molar-refractivity contribution in [2.45, 2.75) is 5.92 Å². The number of benzene rings is 1. The number of alkyl halides is 2. The molecule has 0 aliphatic carbocycles. The summed E-state index contributed by atoms with van der Waals surface area (Å²) < 4.78 is 26.9. The van der Waals surface area contributed by atoms with E-state index < -0.39 is 23.1 Å². The molecule has 2 rings (SSSR count). The Labute approximate surface area is 95.0 Å². The van der Waals surface area contributed by atoms with Gasteiger partial charge in [-0.15, -0.1) is 0 Å². The Balaban J connectivity index is 2.45. The summed E-state index contributed by atoms with van der Waals surface area (Å²) in [7, 11) is 0. The molecule has 2 aromatic rings. The summed E-state index contributed by atoms with van der Waals surface area (Å²) in [5.41, 5.74) is -0.180. The van der Waals surface area contributed by atoms with E-state index >= 15 is 0 Å². The average molecular weight is 238 g/mol. The Morgan fingerprint density at radius 3 is 2.65 bits per heavy atom. The molecule has 1 aromatic carbocycles. The highest BCUT2D eigenvalue weighted by atomic mass is 19.3. The van der Waals surface area contributed by atoms with E-state index in [1.54, 1.807) is 24.3 Å². The second kappa shape index (κ2) is 4.04. The van der Waals surface area contributed by atoms with Crippen LogP contribution < -0.4 is 0 Å². The number of nitrogens with zero attached hydrogens (tertiary/aromatic N) is 2. The summed E-state index contributed by atoms with van der Waals surface area (Å²) in [4.78, 5) is 12.9. The van der Waals surface area contributed by atoms with Crippen molar-refractivity contribution >= 4 is 10.9 Å². The molecule has 6 heteroatoms. The Hall–Kier alpha value is -2.11. The molecule has 0 bridgehead atoms. The molecule has 0 aliphatic heterocycles. The predicted octanol–water partition coefficient (Wildman–Crippen LogP) is 2.60. The van der Waals surface area contributed by atoms with E-state index in [0.717, 1.165) is 6.07 Å². The van der Waals surface area contributed by atoms with Gasteiger partial charge in [0.25, 0.3) is 6.54 Å². The van der Waals surface area contributed by atoms with Crippen molar-refractivity contribution in [2.24, 2.45) is 0 Å². The van der Waals surface area contributed by atoms with Gasteiger partial charge in [0.05, 0.1) is 5.52 Å². The largest absolute Gasteiger partial charge is 0.352 e. The maximum absolute atomic E-state index is 13.4. The van der Waals surface area contributed by atoms with Crippen LogP contribution in [0.15, 0.2) is 36.4 Å². The molecule has 0 amide bonds. The zero-order chi connectivity index (χ0) is 12.5. The topological polar surface area (TPSA) is 56.0 Å². The molecule has 17 heavy (non-hydrogen) atoms. The summed E-state index contributed by atoms with van der Waals surface area (Å²) in [6, 6.07) is 9.35. The van der Waals surface area contributed by atoms with Crippen molar-refractivity contribution in [1.82, 2.24) is 4.98 Å². The molecule has 0 fully saturated rings. The van der Waals surface area contributed by atoms with Crippen LogP contribution in [0.1, 0.15) is 5.69 Å². The van der Waals surface area contributed by atoms with Crippen LogP contribution in [0.3, 0.4) is 0 Å². The summed E-state index contributed by atoms with van der Waals surface area (Å²) in [6.07, 6.45) is 0. The Kier molecular flexibility index (Phi) is 2.71. The lowest BCUT2D eigenvalue weighted by Crippen LogP contribution is -2.25. The Morgan fingerprint density at radius 2 is 1.94 bits per heavy atom. The first-order valence-electron chi connectivity index (χ1n) is 4.85. The number of hydrogen-bond acceptors (Lipinski definition) is 3. The summed E-state index contributed by atoms with van der Waals surface area (Å²) >= 11 is 0. The monoisotopic (exact) mass is 238 g/mol. The minimum atomic E-state index is -3.55. The second-order valence-electron chi connectivity index (χ2n) is 3.58. The first-order chi connectivity index (χ1) is 7.99. The predicted molar refractivity (Wildman–Crippen MR) is 57.5 cm³/mol. The molecular weight excluding hydrogens is 230 g/mol. The van der Waals surface area contributed by atoms with Crippen molar-refractivity contribution in [3.05, 3.63) is 52.2 Å². The van der Waals surface area contributed by atoms with Crippen molar-refractivity contribution in [3.8, 4) is 0 Å². The standard InChI is InChI=1S/C11H8F2N2O2/c12-11(13,7-15(16)17)10-6-5-8-3-1-2-4-9(8)14-10/h1-6H,7H2. The molecule has 0 unspecified atom stereocenters. The molecule has 0 atom stereocenters. The SMILES string of the molecule is O=[N+]([O-])CC(F)(F)c1ccc2ccccc2n1. The van der Waals surface area contributed by atoms with Gasteiger partial charge >= 0.3 is 5.92 Å². The molecule has 1 aromatic heterocycles. The number of fused-ring (bicyclic) bond motifs is 1. The van der Waals surface area contributed by atoms with Gasteiger partial charge in [-0.3, -0.25) is 10.1 Å². The van der Waals surface area contributed by atoms with Gasteiger partial charge < -0.3 is 0 Å². The molecule has 4 nitrogen and oxygen atoms in total. The first-order valence-corrected chi connectivity index (χ1v) is 4.85. The fourth-order valence-corrected chi connectivity index (χ4v) is 1.51. The quantitative estimate of drug-likeness (QED) is 0.610. The van der Waals surface area contributed by atoms with Gasteiger partial charge in [-0.05, 0) is 12.1 Å². The molecule has 0 radical (unpaired) electrons. The van der Waals surface area contributed by atoms with Gasteiger partial charge in [-0.2, -0.15) is 8.78 Å². The van der Waals surface area contributed by atoms with Crippen LogP contribution in [-0.4, -0.2) is 16.5 Å². The van der Waals surface area contributed by atoms with E-state index in [9.17, 15) is 18.9 Å². The number of hydrogen-bond donors (Lipinski definition) is 0. The van der Waals surface area contributed by atoms with Crippen LogP contribution in [0.25, 0.3) is 10.9 Å². The lowest BCUT2D eigenvalue weighted by atomic mass is 10.1. The van der Waals surface area contributed by atoms with Crippen LogP contribution in [-0.2, 0) is 5.92 Å². The van der Waals surface area contributed by atoms with Gasteiger partial charge in [-0.1, -0.05) is 24.3 Å². The van der Waals surface area contributed by atoms with Gasteiger partial charge in [0.1, 0.15) is 5.69 Å². The van der Waals surface area contributed by atoms with E-state index in [1.807, 2.05) is 0 Å². The van der Waals surface area contributed by atoms with Crippen molar-refractivity contribution < 1.29 is 13.7 Å². The van der Waals surface area contributed by atoms with Gasteiger partial charge in [-0.25, -0.2) is 4.98 Å². The Bertz CT molecular complexity index is 572. The maximum Gasteiger partial charge on any atom is 0.352 e. The van der Waals surface area contributed by atoms with Crippen LogP contribution in [0, 0.1) is 10.1 Å². The lowest BCUT2D eigenvalue weighted by molar-refractivity contribution is -0.507. The highest BCUT2D eigenvalue weighted by molar-refractivity contribution is 5.78. The number of pyridine rings is 1. The second-order valence-corrected chi connectivity index (χ2v) is 3.58. The van der Waals surface area contributed by atoms with Gasteiger partial charge in [0.2, 0.25) is 0 Å². The summed E-state index contributed by atoms with van der Waals surface area (Å²) in [5, 5.41) is 10.9. The molecule has 0 aliphatic rings. The van der Waals surface area contributed by atoms with Crippen LogP contribution in [0.5, 0.6) is 0 Å². The smallest absolute Gasteiger partial charge is 0.264 e. The first kappa shape index (κ1) is 11.4. The molecular formula is C11H8F2N2O2.